The zero-order valence-electron chi connectivity index (χ0n) is 15.7. The van der Waals surface area contributed by atoms with Crippen LogP contribution in [0, 0.1) is 0 Å². The Bertz CT molecular complexity index is 739. The fraction of sp³-hybridized carbons (Fsp3) is 0.318. The molecule has 1 unspecified atom stereocenters. The molecule has 0 heterocycles. The van der Waals surface area contributed by atoms with Gasteiger partial charge in [-0.2, -0.15) is 0 Å². The Morgan fingerprint density at radius 2 is 1.72 bits per heavy atom. The zero-order valence-corrected chi connectivity index (χ0v) is 15.7. The van der Waals surface area contributed by atoms with Crippen LogP contribution in [0.25, 0.3) is 6.08 Å². The molecule has 0 aliphatic carbocycles. The molecule has 2 rings (SSSR count). The number of carbonyl (C=O) groups excluding carboxylic acids is 1. The molecule has 0 aliphatic heterocycles. The van der Waals surface area contributed by atoms with E-state index in [2.05, 4.69) is 50.4 Å². The van der Waals surface area contributed by atoms with Crippen molar-refractivity contribution in [1.29, 1.82) is 0 Å². The van der Waals surface area contributed by atoms with Gasteiger partial charge in [0.05, 0.1) is 13.2 Å². The number of carbonyl (C=O) groups is 1. The maximum absolute atomic E-state index is 12.2. The predicted molar refractivity (Wildman–Crippen MR) is 104 cm³/mol. The summed E-state index contributed by atoms with van der Waals surface area (Å²) in [6, 6.07) is 16.0. The highest BCUT2D eigenvalue weighted by molar-refractivity contribution is 5.92. The number of nitrogens with one attached hydrogen (secondary N) is 1. The van der Waals surface area contributed by atoms with Crippen LogP contribution in [0.1, 0.15) is 50.4 Å². The first-order valence-electron chi connectivity index (χ1n) is 8.53. The number of rotatable bonds is 5. The van der Waals surface area contributed by atoms with E-state index in [4.69, 9.17) is 4.74 Å². The smallest absolute Gasteiger partial charge is 0.244 e. The van der Waals surface area contributed by atoms with Gasteiger partial charge < -0.3 is 10.1 Å². The van der Waals surface area contributed by atoms with Crippen LogP contribution in [0.15, 0.2) is 54.6 Å². The van der Waals surface area contributed by atoms with Gasteiger partial charge in [0, 0.05) is 11.6 Å². The molecular formula is C22H27NO2. The van der Waals surface area contributed by atoms with Gasteiger partial charge in [-0.15, -0.1) is 0 Å². The average Bonchev–Trinajstić information content (AvgIpc) is 2.59. The molecule has 3 nitrogen and oxygen atoms in total. The van der Waals surface area contributed by atoms with Gasteiger partial charge in [0.1, 0.15) is 5.75 Å². The van der Waals surface area contributed by atoms with Gasteiger partial charge >= 0.3 is 0 Å². The van der Waals surface area contributed by atoms with Crippen molar-refractivity contribution in [2.75, 3.05) is 7.11 Å². The Labute approximate surface area is 150 Å². The number of hydrogen-bond acceptors (Lipinski definition) is 2. The maximum Gasteiger partial charge on any atom is 0.244 e. The summed E-state index contributed by atoms with van der Waals surface area (Å²) in [4.78, 5) is 12.2. The normalized spacial score (nSPS) is 12.8. The first-order valence-corrected chi connectivity index (χ1v) is 8.53. The Hall–Kier alpha value is -2.55. The minimum absolute atomic E-state index is 0.0520. The molecule has 1 amide bonds. The summed E-state index contributed by atoms with van der Waals surface area (Å²) in [7, 11) is 1.62. The summed E-state index contributed by atoms with van der Waals surface area (Å²) in [6.45, 7) is 8.56. The number of ether oxygens (including phenoxy) is 1. The molecular weight excluding hydrogens is 310 g/mol. The van der Waals surface area contributed by atoms with Crippen LogP contribution < -0.4 is 10.1 Å². The summed E-state index contributed by atoms with van der Waals surface area (Å²) in [5.74, 6) is 0.621. The quantitative estimate of drug-likeness (QED) is 0.789. The predicted octanol–water partition coefficient (Wildman–Crippen LogP) is 4.88. The van der Waals surface area contributed by atoms with Crippen LogP contribution in [0.2, 0.25) is 0 Å². The first-order chi connectivity index (χ1) is 11.8. The minimum Gasteiger partial charge on any atom is -0.496 e. The van der Waals surface area contributed by atoms with Crippen LogP contribution in [0.4, 0.5) is 0 Å². The monoisotopic (exact) mass is 337 g/mol. The Morgan fingerprint density at radius 3 is 2.32 bits per heavy atom. The Kier molecular flexibility index (Phi) is 6.02. The highest BCUT2D eigenvalue weighted by atomic mass is 16.5. The van der Waals surface area contributed by atoms with Gasteiger partial charge in [-0.1, -0.05) is 63.2 Å². The Balaban J connectivity index is 2.01. The summed E-state index contributed by atoms with van der Waals surface area (Å²) in [6.07, 6.45) is 3.31. The molecule has 0 aliphatic rings. The molecule has 0 spiro atoms. The van der Waals surface area contributed by atoms with E-state index in [0.29, 0.717) is 0 Å². The van der Waals surface area contributed by atoms with E-state index in [1.165, 1.54) is 11.6 Å². The maximum atomic E-state index is 12.2. The fourth-order valence-corrected chi connectivity index (χ4v) is 2.59. The van der Waals surface area contributed by atoms with Crippen molar-refractivity contribution in [2.45, 2.75) is 39.2 Å². The standard InChI is InChI=1S/C22H27NO2/c1-16(17-10-13-19(14-11-17)22(2,3)4)23-21(24)15-12-18-8-6-7-9-20(18)25-5/h6-16H,1-5H3,(H,23,24)/b15-12+. The SMILES string of the molecule is COc1ccccc1/C=C/C(=O)NC(C)c1ccc(C(C)(C)C)cc1. The summed E-state index contributed by atoms with van der Waals surface area (Å²) < 4.78 is 5.28. The van der Waals surface area contributed by atoms with E-state index in [-0.39, 0.29) is 17.4 Å². The number of methoxy groups -OCH3 is 1. The average molecular weight is 337 g/mol. The molecule has 0 saturated carbocycles. The second-order valence-electron chi connectivity index (χ2n) is 7.18. The fourth-order valence-electron chi connectivity index (χ4n) is 2.59. The molecule has 2 aromatic rings. The van der Waals surface area contributed by atoms with E-state index in [1.54, 1.807) is 13.2 Å². The number of amides is 1. The van der Waals surface area contributed by atoms with Crippen molar-refractivity contribution >= 4 is 12.0 Å². The lowest BCUT2D eigenvalue weighted by molar-refractivity contribution is -0.117. The number of benzene rings is 2. The minimum atomic E-state index is -0.127. The molecule has 1 atom stereocenters. The molecule has 3 heteroatoms. The third-order valence-corrected chi connectivity index (χ3v) is 4.19. The summed E-state index contributed by atoms with van der Waals surface area (Å²) in [5.41, 5.74) is 3.38. The molecule has 1 N–H and O–H groups in total. The van der Waals surface area contributed by atoms with Crippen LogP contribution in [-0.4, -0.2) is 13.0 Å². The topological polar surface area (TPSA) is 38.3 Å². The summed E-state index contributed by atoms with van der Waals surface area (Å²) in [5, 5.41) is 3.00. The molecule has 25 heavy (non-hydrogen) atoms. The largest absolute Gasteiger partial charge is 0.496 e. The Morgan fingerprint density at radius 1 is 1.08 bits per heavy atom. The lowest BCUT2D eigenvalue weighted by atomic mass is 9.86. The van der Waals surface area contributed by atoms with Crippen LogP contribution in [0.5, 0.6) is 5.75 Å². The van der Waals surface area contributed by atoms with Crippen LogP contribution >= 0.6 is 0 Å². The van der Waals surface area contributed by atoms with E-state index < -0.39 is 0 Å². The molecule has 0 saturated heterocycles. The van der Waals surface area contributed by atoms with Crippen molar-refractivity contribution in [3.05, 3.63) is 71.3 Å². The second kappa shape index (κ2) is 8.02. The van der Waals surface area contributed by atoms with Crippen molar-refractivity contribution in [3.8, 4) is 5.75 Å². The second-order valence-corrected chi connectivity index (χ2v) is 7.18. The number of para-hydroxylation sites is 1. The summed E-state index contributed by atoms with van der Waals surface area (Å²) >= 11 is 0. The highest BCUT2D eigenvalue weighted by Crippen LogP contribution is 2.24. The zero-order chi connectivity index (χ0) is 18.4. The van der Waals surface area contributed by atoms with Crippen molar-refractivity contribution in [1.82, 2.24) is 5.32 Å². The van der Waals surface area contributed by atoms with Gasteiger partial charge in [-0.05, 0) is 35.6 Å². The van der Waals surface area contributed by atoms with Crippen LogP contribution in [-0.2, 0) is 10.2 Å². The molecule has 0 bridgehead atoms. The van der Waals surface area contributed by atoms with Gasteiger partial charge in [-0.3, -0.25) is 4.79 Å². The van der Waals surface area contributed by atoms with Gasteiger partial charge in [-0.25, -0.2) is 0 Å². The van der Waals surface area contributed by atoms with E-state index in [0.717, 1.165) is 16.9 Å². The van der Waals surface area contributed by atoms with E-state index in [9.17, 15) is 4.79 Å². The third-order valence-electron chi connectivity index (χ3n) is 4.19. The van der Waals surface area contributed by atoms with Gasteiger partial charge in [0.25, 0.3) is 0 Å². The molecule has 0 aromatic heterocycles. The molecule has 2 aromatic carbocycles. The van der Waals surface area contributed by atoms with Gasteiger partial charge in [0.15, 0.2) is 0 Å². The van der Waals surface area contributed by atoms with Gasteiger partial charge in [0.2, 0.25) is 5.91 Å². The first kappa shape index (κ1) is 18.8. The lowest BCUT2D eigenvalue weighted by Crippen LogP contribution is -2.24. The van der Waals surface area contributed by atoms with Crippen molar-refractivity contribution in [2.24, 2.45) is 0 Å². The molecule has 0 radical (unpaired) electrons. The van der Waals surface area contributed by atoms with Crippen molar-refractivity contribution < 1.29 is 9.53 Å². The lowest BCUT2D eigenvalue weighted by Gasteiger charge is -2.20. The molecule has 132 valence electrons. The van der Waals surface area contributed by atoms with Crippen molar-refractivity contribution in [3.63, 3.8) is 0 Å². The highest BCUT2D eigenvalue weighted by Gasteiger charge is 2.14. The van der Waals surface area contributed by atoms with E-state index >= 15 is 0 Å². The third kappa shape index (κ3) is 5.21. The number of hydrogen-bond donors (Lipinski definition) is 1. The van der Waals surface area contributed by atoms with Crippen LogP contribution in [0.3, 0.4) is 0 Å². The van der Waals surface area contributed by atoms with E-state index in [1.807, 2.05) is 31.2 Å². The molecule has 0 fully saturated rings.